The second-order valence-electron chi connectivity index (χ2n) is 6.61. The summed E-state index contributed by atoms with van der Waals surface area (Å²) < 4.78 is 1.40. The molecule has 1 amide bonds. The minimum atomic E-state index is -0.155. The fourth-order valence-corrected chi connectivity index (χ4v) is 4.31. The van der Waals surface area contributed by atoms with Gasteiger partial charge in [-0.3, -0.25) is 4.98 Å². The molecule has 0 unspecified atom stereocenters. The van der Waals surface area contributed by atoms with Crippen LogP contribution in [0.3, 0.4) is 0 Å². The number of carbonyl (C=O) groups is 1. The molecule has 6 nitrogen and oxygen atoms in total. The van der Waals surface area contributed by atoms with Crippen molar-refractivity contribution in [1.82, 2.24) is 25.1 Å². The van der Waals surface area contributed by atoms with Crippen molar-refractivity contribution in [3.63, 3.8) is 0 Å². The van der Waals surface area contributed by atoms with E-state index >= 15 is 0 Å². The number of pyridine rings is 1. The van der Waals surface area contributed by atoms with Crippen LogP contribution in [-0.4, -0.2) is 31.8 Å². The lowest BCUT2D eigenvalue weighted by Gasteiger charge is -2.22. The van der Waals surface area contributed by atoms with Gasteiger partial charge in [0.1, 0.15) is 10.7 Å². The van der Waals surface area contributed by atoms with Gasteiger partial charge in [-0.15, -0.1) is 11.3 Å². The molecule has 1 N–H and O–H groups in total. The first kappa shape index (κ1) is 16.9. The molecule has 1 saturated carbocycles. The number of thiazole rings is 1. The zero-order chi connectivity index (χ0) is 17.9. The summed E-state index contributed by atoms with van der Waals surface area (Å²) in [6.07, 6.45) is 11.0. The Morgan fingerprint density at radius 2 is 2.12 bits per heavy atom. The number of amides is 1. The van der Waals surface area contributed by atoms with Crippen molar-refractivity contribution in [2.45, 2.75) is 45.1 Å². The van der Waals surface area contributed by atoms with Crippen LogP contribution in [0.15, 0.2) is 36.8 Å². The van der Waals surface area contributed by atoms with Crippen LogP contribution in [0.1, 0.15) is 37.8 Å². The van der Waals surface area contributed by atoms with Gasteiger partial charge in [0.2, 0.25) is 0 Å². The van der Waals surface area contributed by atoms with Crippen LogP contribution < -0.4 is 5.32 Å². The number of carbonyl (C=O) groups excluding carboxylic acids is 1. The van der Waals surface area contributed by atoms with Crippen LogP contribution in [0.25, 0.3) is 21.1 Å². The third kappa shape index (κ3) is 3.53. The second kappa shape index (κ2) is 7.37. The lowest BCUT2D eigenvalue weighted by Crippen LogP contribution is -2.39. The summed E-state index contributed by atoms with van der Waals surface area (Å²) >= 11 is 1.57. The van der Waals surface area contributed by atoms with E-state index in [0.717, 1.165) is 39.7 Å². The average molecular weight is 367 g/mol. The van der Waals surface area contributed by atoms with Gasteiger partial charge >= 0.3 is 6.03 Å². The molecule has 0 aromatic carbocycles. The van der Waals surface area contributed by atoms with Gasteiger partial charge in [0, 0.05) is 30.2 Å². The molecule has 0 aliphatic heterocycles. The van der Waals surface area contributed by atoms with Crippen molar-refractivity contribution >= 4 is 17.4 Å². The fraction of sp³-hybridized carbons (Fsp3) is 0.368. The Bertz CT molecular complexity index is 896. The second-order valence-corrected chi connectivity index (χ2v) is 7.60. The van der Waals surface area contributed by atoms with E-state index in [1.807, 2.05) is 25.1 Å². The van der Waals surface area contributed by atoms with Gasteiger partial charge in [-0.05, 0) is 38.0 Å². The van der Waals surface area contributed by atoms with Gasteiger partial charge in [-0.25, -0.2) is 9.78 Å². The van der Waals surface area contributed by atoms with Gasteiger partial charge in [0.15, 0.2) is 0 Å². The molecule has 26 heavy (non-hydrogen) atoms. The number of hydrogen-bond acceptors (Lipinski definition) is 5. The van der Waals surface area contributed by atoms with Crippen LogP contribution in [0.5, 0.6) is 0 Å². The molecular weight excluding hydrogens is 346 g/mol. The first-order chi connectivity index (χ1) is 12.7. The minimum Gasteiger partial charge on any atom is -0.333 e. The summed E-state index contributed by atoms with van der Waals surface area (Å²) in [4.78, 5) is 22.2. The van der Waals surface area contributed by atoms with Crippen molar-refractivity contribution in [3.8, 4) is 21.1 Å². The summed E-state index contributed by atoms with van der Waals surface area (Å²) in [5.74, 6) is 0. The van der Waals surface area contributed by atoms with E-state index in [-0.39, 0.29) is 12.1 Å². The molecule has 0 radical (unpaired) electrons. The highest BCUT2D eigenvalue weighted by atomic mass is 32.1. The number of nitrogens with zero attached hydrogens (tertiary/aromatic N) is 4. The third-order valence-electron chi connectivity index (χ3n) is 4.67. The number of nitrogens with one attached hydrogen (secondary N) is 1. The summed E-state index contributed by atoms with van der Waals surface area (Å²) in [6.45, 7) is 1.97. The maximum absolute atomic E-state index is 12.4. The van der Waals surface area contributed by atoms with E-state index in [9.17, 15) is 4.79 Å². The molecule has 3 heterocycles. The maximum atomic E-state index is 12.4. The quantitative estimate of drug-likeness (QED) is 0.750. The van der Waals surface area contributed by atoms with E-state index in [0.29, 0.717) is 0 Å². The first-order valence-electron chi connectivity index (χ1n) is 8.95. The molecule has 1 fully saturated rings. The van der Waals surface area contributed by atoms with Crippen molar-refractivity contribution < 1.29 is 4.79 Å². The highest BCUT2D eigenvalue weighted by molar-refractivity contribution is 7.18. The standard InChI is InChI=1S/C19H21N5OS/c1-13-17(26-18(21-13)14-6-5-10-20-12-14)16-9-11-24(23-16)19(25)22-15-7-3-2-4-8-15/h5-6,9-12,15H,2-4,7-8H2,1H3,(H,22,25). The highest BCUT2D eigenvalue weighted by Crippen LogP contribution is 2.33. The molecule has 4 rings (SSSR count). The molecule has 0 bridgehead atoms. The van der Waals surface area contributed by atoms with Gasteiger partial charge in [-0.1, -0.05) is 19.3 Å². The molecule has 0 atom stereocenters. The molecule has 7 heteroatoms. The van der Waals surface area contributed by atoms with E-state index in [1.165, 1.54) is 23.9 Å². The van der Waals surface area contributed by atoms with E-state index in [4.69, 9.17) is 0 Å². The number of rotatable bonds is 3. The van der Waals surface area contributed by atoms with Gasteiger partial charge in [0.05, 0.1) is 10.6 Å². The lowest BCUT2D eigenvalue weighted by atomic mass is 9.96. The Morgan fingerprint density at radius 3 is 2.88 bits per heavy atom. The zero-order valence-corrected chi connectivity index (χ0v) is 15.5. The summed E-state index contributed by atoms with van der Waals surface area (Å²) in [5.41, 5.74) is 2.67. The molecular formula is C19H21N5OS. The number of aromatic nitrogens is 4. The van der Waals surface area contributed by atoms with Crippen LogP contribution in [-0.2, 0) is 0 Å². The summed E-state index contributed by atoms with van der Waals surface area (Å²) in [7, 11) is 0. The Labute approximate surface area is 156 Å². The van der Waals surface area contributed by atoms with Crippen LogP contribution in [0.2, 0.25) is 0 Å². The van der Waals surface area contributed by atoms with Crippen molar-refractivity contribution in [2.24, 2.45) is 0 Å². The zero-order valence-electron chi connectivity index (χ0n) is 14.7. The molecule has 3 aromatic rings. The Balaban J connectivity index is 1.52. The average Bonchev–Trinajstić information content (AvgIpc) is 3.30. The highest BCUT2D eigenvalue weighted by Gasteiger charge is 2.19. The van der Waals surface area contributed by atoms with E-state index < -0.39 is 0 Å². The van der Waals surface area contributed by atoms with Crippen LogP contribution in [0, 0.1) is 6.92 Å². The Kier molecular flexibility index (Phi) is 4.79. The lowest BCUT2D eigenvalue weighted by molar-refractivity contribution is 0.231. The van der Waals surface area contributed by atoms with Gasteiger partial charge in [0.25, 0.3) is 0 Å². The van der Waals surface area contributed by atoms with E-state index in [2.05, 4.69) is 20.4 Å². The molecule has 0 spiro atoms. The van der Waals surface area contributed by atoms with E-state index in [1.54, 1.807) is 29.9 Å². The largest absolute Gasteiger partial charge is 0.342 e. The number of hydrogen-bond donors (Lipinski definition) is 1. The van der Waals surface area contributed by atoms with Gasteiger partial charge < -0.3 is 5.32 Å². The Morgan fingerprint density at radius 1 is 1.27 bits per heavy atom. The predicted molar refractivity (Wildman–Crippen MR) is 102 cm³/mol. The SMILES string of the molecule is Cc1nc(-c2cccnc2)sc1-c1ccn(C(=O)NC2CCCCC2)n1. The normalized spacial score (nSPS) is 15.1. The summed E-state index contributed by atoms with van der Waals surface area (Å²) in [5, 5.41) is 8.47. The molecule has 1 aliphatic rings. The topological polar surface area (TPSA) is 72.7 Å². The van der Waals surface area contributed by atoms with Crippen molar-refractivity contribution in [1.29, 1.82) is 0 Å². The molecule has 134 valence electrons. The van der Waals surface area contributed by atoms with Crippen LogP contribution in [0.4, 0.5) is 4.79 Å². The van der Waals surface area contributed by atoms with Crippen LogP contribution >= 0.6 is 11.3 Å². The fourth-order valence-electron chi connectivity index (χ4n) is 3.29. The smallest absolute Gasteiger partial charge is 0.333 e. The van der Waals surface area contributed by atoms with Gasteiger partial charge in [-0.2, -0.15) is 9.78 Å². The van der Waals surface area contributed by atoms with Crippen molar-refractivity contribution in [3.05, 3.63) is 42.5 Å². The molecule has 0 saturated heterocycles. The number of aryl methyl sites for hydroxylation is 1. The maximum Gasteiger partial charge on any atom is 0.342 e. The predicted octanol–water partition coefficient (Wildman–Crippen LogP) is 4.27. The van der Waals surface area contributed by atoms with Crippen molar-refractivity contribution in [2.75, 3.05) is 0 Å². The monoisotopic (exact) mass is 367 g/mol. The minimum absolute atomic E-state index is 0.155. The molecule has 3 aromatic heterocycles. The summed E-state index contributed by atoms with van der Waals surface area (Å²) in [6, 6.07) is 5.87. The third-order valence-corrected chi connectivity index (χ3v) is 5.90. The first-order valence-corrected chi connectivity index (χ1v) is 9.77. The molecule has 1 aliphatic carbocycles. The Hall–Kier alpha value is -2.54.